The van der Waals surface area contributed by atoms with Gasteiger partial charge in [-0.05, 0) is 44.7 Å². The van der Waals surface area contributed by atoms with Crippen molar-refractivity contribution in [2.45, 2.75) is 38.6 Å². The molecule has 0 atom stereocenters. The molecule has 0 radical (unpaired) electrons. The minimum Gasteiger partial charge on any atom is -0.492 e. The van der Waals surface area contributed by atoms with E-state index in [9.17, 15) is 9.59 Å². The highest BCUT2D eigenvalue weighted by molar-refractivity contribution is 5.75. The number of piperazine rings is 1. The molecular weight excluding hydrogens is 346 g/mol. The van der Waals surface area contributed by atoms with E-state index in [4.69, 9.17) is 9.84 Å². The van der Waals surface area contributed by atoms with Crippen molar-refractivity contribution < 1.29 is 19.4 Å². The minimum absolute atomic E-state index is 0.0356. The van der Waals surface area contributed by atoms with Gasteiger partial charge in [0, 0.05) is 32.2 Å². The minimum atomic E-state index is -0.719. The third-order valence-electron chi connectivity index (χ3n) is 5.48. The average Bonchev–Trinajstić information content (AvgIpc) is 2.69. The Morgan fingerprint density at radius 2 is 1.78 bits per heavy atom. The van der Waals surface area contributed by atoms with E-state index < -0.39 is 5.97 Å². The molecule has 1 saturated heterocycles. The molecule has 2 N–H and O–H groups in total. The molecule has 2 amide bonds. The first-order valence-electron chi connectivity index (χ1n) is 9.83. The number of aliphatic carboxylic acids is 1. The number of nitrogens with one attached hydrogen (secondary N) is 1. The molecule has 1 aromatic carbocycles. The van der Waals surface area contributed by atoms with Crippen LogP contribution in [-0.2, 0) is 4.79 Å². The molecule has 1 aliphatic carbocycles. The molecule has 7 heteroatoms. The quantitative estimate of drug-likeness (QED) is 0.827. The molecule has 0 spiro atoms. The zero-order chi connectivity index (χ0) is 19.2. The van der Waals surface area contributed by atoms with E-state index in [1.54, 1.807) is 0 Å². The summed E-state index contributed by atoms with van der Waals surface area (Å²) in [6, 6.07) is 8.06. The number of anilines is 1. The highest BCUT2D eigenvalue weighted by atomic mass is 16.5. The van der Waals surface area contributed by atoms with E-state index in [0.717, 1.165) is 37.4 Å². The lowest BCUT2D eigenvalue weighted by atomic mass is 9.86. The fourth-order valence-electron chi connectivity index (χ4n) is 3.90. The summed E-state index contributed by atoms with van der Waals surface area (Å²) in [5, 5.41) is 12.2. The topological polar surface area (TPSA) is 82.1 Å². The number of hydrogen-bond donors (Lipinski definition) is 2. The predicted octanol–water partition coefficient (Wildman–Crippen LogP) is 2.56. The molecule has 7 nitrogen and oxygen atoms in total. The van der Waals surface area contributed by atoms with Crippen molar-refractivity contribution in [3.8, 4) is 5.75 Å². The second-order valence-electron chi connectivity index (χ2n) is 7.21. The van der Waals surface area contributed by atoms with Crippen LogP contribution in [0.4, 0.5) is 10.5 Å². The molecular formula is C20H29N3O4. The van der Waals surface area contributed by atoms with Gasteiger partial charge in [-0.15, -0.1) is 0 Å². The van der Waals surface area contributed by atoms with Crippen LogP contribution < -0.4 is 15.0 Å². The summed E-state index contributed by atoms with van der Waals surface area (Å²) in [5.41, 5.74) is 1.08. The number of rotatable bonds is 5. The zero-order valence-corrected chi connectivity index (χ0v) is 15.9. The number of hydrogen-bond acceptors (Lipinski definition) is 4. The number of carbonyl (C=O) groups excluding carboxylic acids is 1. The van der Waals surface area contributed by atoms with Crippen LogP contribution in [0.5, 0.6) is 5.75 Å². The van der Waals surface area contributed by atoms with Crippen LogP contribution in [0.2, 0.25) is 0 Å². The molecule has 3 rings (SSSR count). The Kier molecular flexibility index (Phi) is 6.42. The van der Waals surface area contributed by atoms with Crippen molar-refractivity contribution in [3.05, 3.63) is 24.3 Å². The number of nitrogens with zero attached hydrogens (tertiary/aromatic N) is 2. The molecule has 148 valence electrons. The second kappa shape index (κ2) is 8.97. The van der Waals surface area contributed by atoms with Crippen molar-refractivity contribution in [1.82, 2.24) is 10.2 Å². The summed E-state index contributed by atoms with van der Waals surface area (Å²) in [4.78, 5) is 27.7. The Morgan fingerprint density at radius 1 is 1.11 bits per heavy atom. The number of benzene rings is 1. The maximum Gasteiger partial charge on any atom is 0.317 e. The number of amides is 2. The summed E-state index contributed by atoms with van der Waals surface area (Å²) in [6.45, 7) is 5.46. The maximum absolute atomic E-state index is 12.5. The van der Waals surface area contributed by atoms with Gasteiger partial charge in [0.25, 0.3) is 0 Å². The van der Waals surface area contributed by atoms with Gasteiger partial charge in [-0.1, -0.05) is 12.1 Å². The molecule has 1 aliphatic heterocycles. The van der Waals surface area contributed by atoms with Crippen molar-refractivity contribution in [3.63, 3.8) is 0 Å². The molecule has 1 saturated carbocycles. The Morgan fingerprint density at radius 3 is 2.41 bits per heavy atom. The van der Waals surface area contributed by atoms with E-state index in [0.29, 0.717) is 32.5 Å². The Labute approximate surface area is 160 Å². The van der Waals surface area contributed by atoms with Crippen LogP contribution in [0.25, 0.3) is 0 Å². The number of carboxylic acid groups (broad SMARTS) is 1. The first-order valence-corrected chi connectivity index (χ1v) is 9.83. The molecule has 0 unspecified atom stereocenters. The highest BCUT2D eigenvalue weighted by Crippen LogP contribution is 2.29. The van der Waals surface area contributed by atoms with Crippen LogP contribution in [0.15, 0.2) is 24.3 Å². The van der Waals surface area contributed by atoms with E-state index >= 15 is 0 Å². The van der Waals surface area contributed by atoms with Gasteiger partial charge < -0.3 is 25.0 Å². The van der Waals surface area contributed by atoms with Gasteiger partial charge in [0.05, 0.1) is 18.2 Å². The van der Waals surface area contributed by atoms with E-state index in [1.807, 2.05) is 30.0 Å². The molecule has 1 heterocycles. The standard InChI is InChI=1S/C20H29N3O4/c1-2-27-18-6-4-3-5-17(18)22-11-13-23(14-12-22)20(26)21-16-9-7-15(8-10-16)19(24)25/h3-6,15-16H,2,7-14H2,1H3,(H,21,26)(H,24,25). The maximum atomic E-state index is 12.5. The van der Waals surface area contributed by atoms with Crippen LogP contribution in [-0.4, -0.2) is 60.8 Å². The van der Waals surface area contributed by atoms with Gasteiger partial charge >= 0.3 is 12.0 Å². The molecule has 2 fully saturated rings. The van der Waals surface area contributed by atoms with Crippen molar-refractivity contribution in [2.75, 3.05) is 37.7 Å². The Hall–Kier alpha value is -2.44. The summed E-state index contributed by atoms with van der Waals surface area (Å²) < 4.78 is 5.71. The zero-order valence-electron chi connectivity index (χ0n) is 15.9. The summed E-state index contributed by atoms with van der Waals surface area (Å²) in [7, 11) is 0. The smallest absolute Gasteiger partial charge is 0.317 e. The van der Waals surface area contributed by atoms with Crippen LogP contribution in [0.1, 0.15) is 32.6 Å². The first kappa shape index (κ1) is 19.3. The van der Waals surface area contributed by atoms with Crippen LogP contribution in [0.3, 0.4) is 0 Å². The molecule has 0 bridgehead atoms. The van der Waals surface area contributed by atoms with E-state index in [-0.39, 0.29) is 18.0 Å². The van der Waals surface area contributed by atoms with E-state index in [2.05, 4.69) is 16.3 Å². The van der Waals surface area contributed by atoms with Gasteiger partial charge in [0.2, 0.25) is 0 Å². The SMILES string of the molecule is CCOc1ccccc1N1CCN(C(=O)NC2CCC(C(=O)O)CC2)CC1. The normalized spacial score (nSPS) is 23.0. The van der Waals surface area contributed by atoms with E-state index in [1.165, 1.54) is 0 Å². The Bertz CT molecular complexity index is 650. The van der Waals surface area contributed by atoms with Gasteiger partial charge in [0.1, 0.15) is 5.75 Å². The van der Waals surface area contributed by atoms with Gasteiger partial charge in [0.15, 0.2) is 0 Å². The van der Waals surface area contributed by atoms with Crippen LogP contribution >= 0.6 is 0 Å². The lowest BCUT2D eigenvalue weighted by Gasteiger charge is -2.37. The van der Waals surface area contributed by atoms with Crippen molar-refractivity contribution in [1.29, 1.82) is 0 Å². The highest BCUT2D eigenvalue weighted by Gasteiger charge is 2.29. The number of urea groups is 1. The van der Waals surface area contributed by atoms with Crippen LogP contribution in [0, 0.1) is 5.92 Å². The number of ether oxygens (including phenoxy) is 1. The molecule has 1 aromatic rings. The van der Waals surface area contributed by atoms with Gasteiger partial charge in [-0.2, -0.15) is 0 Å². The summed E-state index contributed by atoms with van der Waals surface area (Å²) >= 11 is 0. The predicted molar refractivity (Wildman–Crippen MR) is 103 cm³/mol. The molecule has 27 heavy (non-hydrogen) atoms. The van der Waals surface area contributed by atoms with Crippen molar-refractivity contribution in [2.24, 2.45) is 5.92 Å². The lowest BCUT2D eigenvalue weighted by Crippen LogP contribution is -2.54. The van der Waals surface area contributed by atoms with Gasteiger partial charge in [-0.25, -0.2) is 4.79 Å². The molecule has 0 aromatic heterocycles. The fourth-order valence-corrected chi connectivity index (χ4v) is 3.90. The summed E-state index contributed by atoms with van der Waals surface area (Å²) in [6.07, 6.45) is 2.76. The number of para-hydroxylation sites is 2. The second-order valence-corrected chi connectivity index (χ2v) is 7.21. The third kappa shape index (κ3) is 4.84. The monoisotopic (exact) mass is 375 g/mol. The first-order chi connectivity index (χ1) is 13.1. The molecule has 2 aliphatic rings. The Balaban J connectivity index is 1.48. The largest absolute Gasteiger partial charge is 0.492 e. The average molecular weight is 375 g/mol. The lowest BCUT2D eigenvalue weighted by molar-refractivity contribution is -0.142. The van der Waals surface area contributed by atoms with Gasteiger partial charge in [-0.3, -0.25) is 4.79 Å². The fraction of sp³-hybridized carbons (Fsp3) is 0.600. The summed E-state index contributed by atoms with van der Waals surface area (Å²) in [5.74, 6) is -0.0940. The third-order valence-corrected chi connectivity index (χ3v) is 5.48. The number of carboxylic acids is 1. The number of carbonyl (C=O) groups is 2. The van der Waals surface area contributed by atoms with Crippen molar-refractivity contribution >= 4 is 17.7 Å².